The van der Waals surface area contributed by atoms with Gasteiger partial charge in [0, 0.05) is 25.6 Å². The third-order valence-electron chi connectivity index (χ3n) is 3.29. The molecule has 1 aliphatic carbocycles. The third kappa shape index (κ3) is 2.45. The predicted molar refractivity (Wildman–Crippen MR) is 65.3 cm³/mol. The molecule has 0 radical (unpaired) electrons. The summed E-state index contributed by atoms with van der Waals surface area (Å²) < 4.78 is 13.2. The van der Waals surface area contributed by atoms with Crippen molar-refractivity contribution in [2.24, 2.45) is 0 Å². The van der Waals surface area contributed by atoms with Crippen LogP contribution in [-0.4, -0.2) is 42.2 Å². The molecule has 0 saturated heterocycles. The fraction of sp³-hybridized carbons (Fsp3) is 0.750. The maximum atomic E-state index is 5.87. The van der Waals surface area contributed by atoms with Gasteiger partial charge in [-0.15, -0.1) is 0 Å². The standard InChI is InChI=1S/C12H21N3O2/c1-8(2)15-7-9(6-14-15)17-11-5-10(13-3)12(11)16-4/h6-8,10-13H,5H2,1-4H3. The van der Waals surface area contributed by atoms with E-state index in [1.54, 1.807) is 13.3 Å². The first kappa shape index (κ1) is 12.4. The van der Waals surface area contributed by atoms with Gasteiger partial charge in [-0.2, -0.15) is 5.10 Å². The monoisotopic (exact) mass is 239 g/mol. The Hall–Kier alpha value is -1.07. The maximum absolute atomic E-state index is 5.87. The second-order valence-electron chi connectivity index (χ2n) is 4.74. The third-order valence-corrected chi connectivity index (χ3v) is 3.29. The summed E-state index contributed by atoms with van der Waals surface area (Å²) in [5.74, 6) is 0.820. The van der Waals surface area contributed by atoms with Crippen LogP contribution in [0.25, 0.3) is 0 Å². The molecule has 0 spiro atoms. The molecule has 1 aromatic rings. The number of nitrogens with one attached hydrogen (secondary N) is 1. The highest BCUT2D eigenvalue weighted by Gasteiger charge is 2.42. The van der Waals surface area contributed by atoms with Gasteiger partial charge in [-0.3, -0.25) is 4.68 Å². The van der Waals surface area contributed by atoms with Crippen LogP contribution in [-0.2, 0) is 4.74 Å². The Balaban J connectivity index is 1.93. The zero-order chi connectivity index (χ0) is 12.4. The van der Waals surface area contributed by atoms with Gasteiger partial charge in [0.05, 0.1) is 12.4 Å². The number of hydrogen-bond donors (Lipinski definition) is 1. The number of likely N-dealkylation sites (N-methyl/N-ethyl adjacent to an activating group) is 1. The van der Waals surface area contributed by atoms with Crippen LogP contribution in [0.15, 0.2) is 12.4 Å². The molecule has 1 saturated carbocycles. The Morgan fingerprint density at radius 2 is 2.29 bits per heavy atom. The van der Waals surface area contributed by atoms with Crippen LogP contribution >= 0.6 is 0 Å². The smallest absolute Gasteiger partial charge is 0.157 e. The lowest BCUT2D eigenvalue weighted by Gasteiger charge is -2.42. The molecule has 96 valence electrons. The Morgan fingerprint density at radius 3 is 2.82 bits per heavy atom. The van der Waals surface area contributed by atoms with E-state index in [1.807, 2.05) is 17.9 Å². The minimum absolute atomic E-state index is 0.127. The van der Waals surface area contributed by atoms with E-state index in [0.29, 0.717) is 12.1 Å². The zero-order valence-corrected chi connectivity index (χ0v) is 10.9. The normalized spacial score (nSPS) is 28.2. The summed E-state index contributed by atoms with van der Waals surface area (Å²) in [6.45, 7) is 4.18. The van der Waals surface area contributed by atoms with Crippen LogP contribution in [0.2, 0.25) is 0 Å². The number of hydrogen-bond acceptors (Lipinski definition) is 4. The first-order chi connectivity index (χ1) is 8.15. The molecular formula is C12H21N3O2. The highest BCUT2D eigenvalue weighted by Crippen LogP contribution is 2.28. The fourth-order valence-corrected chi connectivity index (χ4v) is 2.13. The zero-order valence-electron chi connectivity index (χ0n) is 10.9. The summed E-state index contributed by atoms with van der Waals surface area (Å²) >= 11 is 0. The van der Waals surface area contributed by atoms with Gasteiger partial charge in [-0.25, -0.2) is 0 Å². The molecule has 0 bridgehead atoms. The summed E-state index contributed by atoms with van der Waals surface area (Å²) in [5.41, 5.74) is 0. The quantitative estimate of drug-likeness (QED) is 0.839. The van der Waals surface area contributed by atoms with E-state index in [9.17, 15) is 0 Å². The fourth-order valence-electron chi connectivity index (χ4n) is 2.13. The largest absolute Gasteiger partial charge is 0.484 e. The van der Waals surface area contributed by atoms with Crippen molar-refractivity contribution in [2.75, 3.05) is 14.2 Å². The molecule has 5 nitrogen and oxygen atoms in total. The average Bonchev–Trinajstić information content (AvgIpc) is 2.72. The SMILES string of the molecule is CNC1CC(Oc2cnn(C(C)C)c2)C1OC. The van der Waals surface area contributed by atoms with Gasteiger partial charge in [0.15, 0.2) is 5.75 Å². The minimum Gasteiger partial charge on any atom is -0.484 e. The predicted octanol–water partition coefficient (Wildman–Crippen LogP) is 1.22. The van der Waals surface area contributed by atoms with E-state index in [2.05, 4.69) is 24.3 Å². The number of aromatic nitrogens is 2. The molecule has 3 unspecified atom stereocenters. The van der Waals surface area contributed by atoms with E-state index in [0.717, 1.165) is 12.2 Å². The van der Waals surface area contributed by atoms with E-state index < -0.39 is 0 Å². The van der Waals surface area contributed by atoms with Gasteiger partial charge in [0.25, 0.3) is 0 Å². The van der Waals surface area contributed by atoms with Crippen LogP contribution in [0.4, 0.5) is 0 Å². The lowest BCUT2D eigenvalue weighted by atomic mass is 9.85. The van der Waals surface area contributed by atoms with Crippen molar-refractivity contribution in [1.82, 2.24) is 15.1 Å². The molecule has 3 atom stereocenters. The second kappa shape index (κ2) is 5.06. The van der Waals surface area contributed by atoms with Crippen molar-refractivity contribution in [1.29, 1.82) is 0 Å². The van der Waals surface area contributed by atoms with Crippen LogP contribution in [0.3, 0.4) is 0 Å². The number of ether oxygens (including phenoxy) is 2. The molecule has 1 fully saturated rings. The van der Waals surface area contributed by atoms with Crippen LogP contribution < -0.4 is 10.1 Å². The lowest BCUT2D eigenvalue weighted by molar-refractivity contribution is -0.0869. The summed E-state index contributed by atoms with van der Waals surface area (Å²) in [4.78, 5) is 0. The van der Waals surface area contributed by atoms with Crippen LogP contribution in [0.5, 0.6) is 5.75 Å². The van der Waals surface area contributed by atoms with E-state index in [-0.39, 0.29) is 12.2 Å². The molecule has 5 heteroatoms. The van der Waals surface area contributed by atoms with E-state index >= 15 is 0 Å². The van der Waals surface area contributed by atoms with Gasteiger partial charge < -0.3 is 14.8 Å². The summed E-state index contributed by atoms with van der Waals surface area (Å²) in [7, 11) is 3.67. The van der Waals surface area contributed by atoms with Gasteiger partial charge in [0.2, 0.25) is 0 Å². The molecule has 1 aromatic heterocycles. The van der Waals surface area contributed by atoms with Crippen molar-refractivity contribution in [3.05, 3.63) is 12.4 Å². The molecule has 0 amide bonds. The van der Waals surface area contributed by atoms with Crippen molar-refractivity contribution in [3.8, 4) is 5.75 Å². The molecule has 1 aliphatic rings. The molecule has 1 N–H and O–H groups in total. The van der Waals surface area contributed by atoms with Gasteiger partial charge in [0.1, 0.15) is 12.2 Å². The van der Waals surface area contributed by atoms with Gasteiger partial charge in [-0.05, 0) is 20.9 Å². The Morgan fingerprint density at radius 1 is 1.53 bits per heavy atom. The molecule has 0 aromatic carbocycles. The molecule has 0 aliphatic heterocycles. The molecular weight excluding hydrogens is 218 g/mol. The molecule has 17 heavy (non-hydrogen) atoms. The maximum Gasteiger partial charge on any atom is 0.157 e. The molecule has 1 heterocycles. The Bertz CT molecular complexity index is 364. The van der Waals surface area contributed by atoms with Crippen molar-refractivity contribution >= 4 is 0 Å². The van der Waals surface area contributed by atoms with Crippen LogP contribution in [0.1, 0.15) is 26.3 Å². The van der Waals surface area contributed by atoms with E-state index in [1.165, 1.54) is 0 Å². The Labute approximate surface area is 102 Å². The number of nitrogens with zero attached hydrogens (tertiary/aromatic N) is 2. The first-order valence-electron chi connectivity index (χ1n) is 6.06. The van der Waals surface area contributed by atoms with Crippen molar-refractivity contribution < 1.29 is 9.47 Å². The first-order valence-corrected chi connectivity index (χ1v) is 6.06. The molecule has 2 rings (SSSR count). The summed E-state index contributed by atoms with van der Waals surface area (Å²) in [5, 5.41) is 7.47. The van der Waals surface area contributed by atoms with Crippen molar-refractivity contribution in [3.63, 3.8) is 0 Å². The number of methoxy groups -OCH3 is 1. The van der Waals surface area contributed by atoms with Gasteiger partial charge >= 0.3 is 0 Å². The highest BCUT2D eigenvalue weighted by molar-refractivity contribution is 5.14. The topological polar surface area (TPSA) is 48.3 Å². The second-order valence-corrected chi connectivity index (χ2v) is 4.74. The minimum atomic E-state index is 0.127. The van der Waals surface area contributed by atoms with E-state index in [4.69, 9.17) is 9.47 Å². The average molecular weight is 239 g/mol. The lowest BCUT2D eigenvalue weighted by Crippen LogP contribution is -2.60. The highest BCUT2D eigenvalue weighted by atomic mass is 16.5. The summed E-state index contributed by atoms with van der Waals surface area (Å²) in [6, 6.07) is 0.752. The van der Waals surface area contributed by atoms with Crippen molar-refractivity contribution in [2.45, 2.75) is 44.6 Å². The Kier molecular flexibility index (Phi) is 3.69. The van der Waals surface area contributed by atoms with Crippen LogP contribution in [0, 0.1) is 0 Å². The van der Waals surface area contributed by atoms with Gasteiger partial charge in [-0.1, -0.05) is 0 Å². The number of rotatable bonds is 5. The summed E-state index contributed by atoms with van der Waals surface area (Å²) in [6.07, 6.45) is 4.93.